The monoisotopic (exact) mass is 299 g/mol. The number of furan rings is 1. The minimum atomic E-state index is -3.86. The summed E-state index contributed by atoms with van der Waals surface area (Å²) in [6.45, 7) is 1.22. The number of rotatable bonds is 5. The molecule has 2 N–H and O–H groups in total. The van der Waals surface area contributed by atoms with Gasteiger partial charge in [-0.15, -0.1) is 0 Å². The Morgan fingerprint density at radius 1 is 1.35 bits per heavy atom. The van der Waals surface area contributed by atoms with E-state index in [1.165, 1.54) is 30.3 Å². The molecule has 1 aromatic heterocycles. The Kier molecular flexibility index (Phi) is 4.22. The fraction of sp³-hybridized carbons (Fsp3) is 0.231. The van der Waals surface area contributed by atoms with Crippen molar-refractivity contribution < 1.29 is 22.3 Å². The molecule has 0 aliphatic heterocycles. The summed E-state index contributed by atoms with van der Waals surface area (Å²) in [5, 5.41) is 8.57. The van der Waals surface area contributed by atoms with Crippen LogP contribution in [0.4, 0.5) is 4.39 Å². The first-order valence-corrected chi connectivity index (χ1v) is 7.38. The van der Waals surface area contributed by atoms with E-state index in [-0.39, 0.29) is 17.5 Å². The molecule has 1 unspecified atom stereocenters. The number of nitrogens with one attached hydrogen (secondary N) is 1. The maximum Gasteiger partial charge on any atom is 0.274 e. The summed E-state index contributed by atoms with van der Waals surface area (Å²) >= 11 is 0. The first-order valence-electron chi connectivity index (χ1n) is 5.90. The normalized spacial score (nSPS) is 13.3. The lowest BCUT2D eigenvalue weighted by atomic mass is 10.1. The zero-order chi connectivity index (χ0) is 14.8. The standard InChI is InChI=1S/C13H14FNO4S/c1-9(10-3-2-4-11(14)7-10)15-20(17,18)13-6-5-12(8-16)19-13/h2-7,9,15-16H,8H2,1H3. The van der Waals surface area contributed by atoms with Crippen molar-refractivity contribution in [1.82, 2.24) is 4.72 Å². The van der Waals surface area contributed by atoms with Gasteiger partial charge in [0.25, 0.3) is 10.0 Å². The summed E-state index contributed by atoms with van der Waals surface area (Å²) in [5.41, 5.74) is 0.502. The maximum absolute atomic E-state index is 13.1. The fourth-order valence-corrected chi connectivity index (χ4v) is 2.90. The van der Waals surface area contributed by atoms with Crippen LogP contribution >= 0.6 is 0 Å². The minimum Gasteiger partial charge on any atom is -0.446 e. The van der Waals surface area contributed by atoms with Crippen LogP contribution in [0.1, 0.15) is 24.3 Å². The Morgan fingerprint density at radius 2 is 2.10 bits per heavy atom. The zero-order valence-corrected chi connectivity index (χ0v) is 11.5. The van der Waals surface area contributed by atoms with Crippen LogP contribution in [0.15, 0.2) is 45.9 Å². The third-order valence-electron chi connectivity index (χ3n) is 2.74. The van der Waals surface area contributed by atoms with Gasteiger partial charge in [-0.05, 0) is 36.8 Å². The van der Waals surface area contributed by atoms with E-state index in [1.807, 2.05) is 0 Å². The van der Waals surface area contributed by atoms with E-state index in [0.717, 1.165) is 0 Å². The molecule has 0 spiro atoms. The van der Waals surface area contributed by atoms with Crippen molar-refractivity contribution in [2.24, 2.45) is 0 Å². The summed E-state index contributed by atoms with van der Waals surface area (Å²) in [4.78, 5) is 0. The van der Waals surface area contributed by atoms with Gasteiger partial charge in [0.2, 0.25) is 5.09 Å². The third kappa shape index (κ3) is 3.24. The zero-order valence-electron chi connectivity index (χ0n) is 10.7. The molecule has 5 nitrogen and oxygen atoms in total. The number of benzene rings is 1. The van der Waals surface area contributed by atoms with Crippen LogP contribution in [0, 0.1) is 5.82 Å². The van der Waals surface area contributed by atoms with Gasteiger partial charge >= 0.3 is 0 Å². The topological polar surface area (TPSA) is 79.5 Å². The summed E-state index contributed by atoms with van der Waals surface area (Å²) < 4.78 is 44.6. The number of hydrogen-bond acceptors (Lipinski definition) is 4. The molecular weight excluding hydrogens is 285 g/mol. The van der Waals surface area contributed by atoms with E-state index in [4.69, 9.17) is 9.52 Å². The molecule has 20 heavy (non-hydrogen) atoms. The minimum absolute atomic E-state index is 0.156. The van der Waals surface area contributed by atoms with E-state index in [9.17, 15) is 12.8 Å². The molecule has 0 amide bonds. The highest BCUT2D eigenvalue weighted by Crippen LogP contribution is 2.19. The van der Waals surface area contributed by atoms with E-state index in [2.05, 4.69) is 4.72 Å². The van der Waals surface area contributed by atoms with Crippen LogP contribution in [0.5, 0.6) is 0 Å². The predicted molar refractivity (Wildman–Crippen MR) is 69.8 cm³/mol. The van der Waals surface area contributed by atoms with Gasteiger partial charge in [0.15, 0.2) is 0 Å². The predicted octanol–water partition coefficient (Wildman–Crippen LogP) is 1.95. The first-order chi connectivity index (χ1) is 9.42. The van der Waals surface area contributed by atoms with Crippen molar-refractivity contribution in [1.29, 1.82) is 0 Å². The SMILES string of the molecule is CC(NS(=O)(=O)c1ccc(CO)o1)c1cccc(F)c1. The molecule has 7 heteroatoms. The third-order valence-corrected chi connectivity index (χ3v) is 4.15. The molecule has 0 saturated heterocycles. The highest BCUT2D eigenvalue weighted by atomic mass is 32.2. The fourth-order valence-electron chi connectivity index (χ4n) is 1.72. The van der Waals surface area contributed by atoms with E-state index < -0.39 is 21.9 Å². The quantitative estimate of drug-likeness (QED) is 0.884. The highest BCUT2D eigenvalue weighted by Gasteiger charge is 2.22. The van der Waals surface area contributed by atoms with Gasteiger partial charge in [0, 0.05) is 6.04 Å². The van der Waals surface area contributed by atoms with E-state index >= 15 is 0 Å². The Bertz CT molecular complexity index is 696. The lowest BCUT2D eigenvalue weighted by molar-refractivity contribution is 0.236. The Morgan fingerprint density at radius 3 is 2.70 bits per heavy atom. The van der Waals surface area contributed by atoms with E-state index in [0.29, 0.717) is 5.56 Å². The largest absolute Gasteiger partial charge is 0.446 e. The maximum atomic E-state index is 13.1. The average molecular weight is 299 g/mol. The number of sulfonamides is 1. The van der Waals surface area contributed by atoms with Gasteiger partial charge in [0.1, 0.15) is 18.2 Å². The van der Waals surface area contributed by atoms with Gasteiger partial charge in [-0.1, -0.05) is 12.1 Å². The molecule has 1 aromatic carbocycles. The summed E-state index contributed by atoms with van der Waals surface area (Å²) in [7, 11) is -3.86. The van der Waals surface area contributed by atoms with Crippen LogP contribution < -0.4 is 4.72 Å². The molecule has 0 aliphatic rings. The highest BCUT2D eigenvalue weighted by molar-refractivity contribution is 7.89. The molecule has 1 atom stereocenters. The number of aliphatic hydroxyl groups is 1. The van der Waals surface area contributed by atoms with Crippen LogP contribution in [0.3, 0.4) is 0 Å². The summed E-state index contributed by atoms with van der Waals surface area (Å²) in [6.07, 6.45) is 0. The number of aliphatic hydroxyl groups excluding tert-OH is 1. The van der Waals surface area contributed by atoms with Gasteiger partial charge in [-0.25, -0.2) is 17.5 Å². The molecule has 0 radical (unpaired) electrons. The molecule has 1 heterocycles. The van der Waals surface area contributed by atoms with Crippen LogP contribution in [-0.2, 0) is 16.6 Å². The van der Waals surface area contributed by atoms with Crippen molar-refractivity contribution in [2.75, 3.05) is 0 Å². The molecule has 108 valence electrons. The summed E-state index contributed by atoms with van der Waals surface area (Å²) in [5.74, 6) is -0.280. The second-order valence-electron chi connectivity index (χ2n) is 4.28. The Labute approximate surface area is 116 Å². The first kappa shape index (κ1) is 14.7. The van der Waals surface area contributed by atoms with Gasteiger partial charge in [0.05, 0.1) is 0 Å². The van der Waals surface area contributed by atoms with Crippen molar-refractivity contribution in [3.63, 3.8) is 0 Å². The van der Waals surface area contributed by atoms with Gasteiger partial charge in [-0.2, -0.15) is 0 Å². The second kappa shape index (κ2) is 5.74. The number of halogens is 1. The van der Waals surface area contributed by atoms with E-state index in [1.54, 1.807) is 13.0 Å². The number of hydrogen-bond donors (Lipinski definition) is 2. The van der Waals surface area contributed by atoms with Crippen molar-refractivity contribution in [3.8, 4) is 0 Å². The molecule has 2 aromatic rings. The van der Waals surface area contributed by atoms with Crippen molar-refractivity contribution in [3.05, 3.63) is 53.5 Å². The van der Waals surface area contributed by atoms with Crippen molar-refractivity contribution in [2.45, 2.75) is 24.7 Å². The molecule has 0 bridgehead atoms. The van der Waals surface area contributed by atoms with Gasteiger partial charge < -0.3 is 9.52 Å². The molecule has 2 rings (SSSR count). The van der Waals surface area contributed by atoms with Crippen LogP contribution in [-0.4, -0.2) is 13.5 Å². The van der Waals surface area contributed by atoms with Crippen LogP contribution in [0.2, 0.25) is 0 Å². The van der Waals surface area contributed by atoms with Gasteiger partial charge in [-0.3, -0.25) is 0 Å². The summed E-state index contributed by atoms with van der Waals surface area (Å²) in [6, 6.07) is 7.69. The second-order valence-corrected chi connectivity index (χ2v) is 5.92. The molecule has 0 aliphatic carbocycles. The van der Waals surface area contributed by atoms with Crippen LogP contribution in [0.25, 0.3) is 0 Å². The Balaban J connectivity index is 2.19. The lowest BCUT2D eigenvalue weighted by Gasteiger charge is -2.13. The smallest absolute Gasteiger partial charge is 0.274 e. The average Bonchev–Trinajstić information content (AvgIpc) is 2.87. The molecule has 0 fully saturated rings. The molecular formula is C13H14FNO4S. The Hall–Kier alpha value is -1.70. The lowest BCUT2D eigenvalue weighted by Crippen LogP contribution is -2.26. The molecule has 0 saturated carbocycles. The van der Waals surface area contributed by atoms with Crippen molar-refractivity contribution >= 4 is 10.0 Å².